The summed E-state index contributed by atoms with van der Waals surface area (Å²) in [5.41, 5.74) is 1.32. The van der Waals surface area contributed by atoms with Crippen LogP contribution in [0, 0.1) is 0 Å². The number of aromatic amines is 2. The number of aryl methyl sites for hydroxylation is 1. The lowest BCUT2D eigenvalue weighted by Crippen LogP contribution is -2.27. The second-order valence-electron chi connectivity index (χ2n) is 3.99. The first-order valence-corrected chi connectivity index (χ1v) is 5.79. The molecule has 2 rings (SSSR count). The van der Waals surface area contributed by atoms with E-state index in [9.17, 15) is 4.79 Å². The van der Waals surface area contributed by atoms with Gasteiger partial charge in [-0.25, -0.2) is 0 Å². The number of H-pyrrole nitrogens is 2. The summed E-state index contributed by atoms with van der Waals surface area (Å²) < 4.78 is 0. The minimum Gasteiger partial charge on any atom is -0.341 e. The SMILES string of the molecule is CCCc1cc(C(=O)N[C@@H](C)c2nn[nH]n2)n[nH]1. The van der Waals surface area contributed by atoms with Gasteiger partial charge in [0.2, 0.25) is 0 Å². The van der Waals surface area contributed by atoms with Crippen molar-refractivity contribution >= 4 is 5.91 Å². The summed E-state index contributed by atoms with van der Waals surface area (Å²) in [6.45, 7) is 3.85. The van der Waals surface area contributed by atoms with E-state index in [1.165, 1.54) is 0 Å². The number of amides is 1. The lowest BCUT2D eigenvalue weighted by atomic mass is 10.2. The summed E-state index contributed by atoms with van der Waals surface area (Å²) in [5, 5.41) is 22.9. The van der Waals surface area contributed by atoms with Crippen molar-refractivity contribution in [3.63, 3.8) is 0 Å². The molecule has 18 heavy (non-hydrogen) atoms. The number of carbonyl (C=O) groups excluding carboxylic acids is 1. The Bertz CT molecular complexity index is 504. The minimum atomic E-state index is -0.317. The van der Waals surface area contributed by atoms with Crippen molar-refractivity contribution in [1.29, 1.82) is 0 Å². The maximum atomic E-state index is 11.9. The van der Waals surface area contributed by atoms with E-state index in [-0.39, 0.29) is 11.9 Å². The summed E-state index contributed by atoms with van der Waals surface area (Å²) in [5.74, 6) is 0.179. The zero-order valence-corrected chi connectivity index (χ0v) is 10.3. The third-order valence-electron chi connectivity index (χ3n) is 2.48. The molecule has 0 radical (unpaired) electrons. The van der Waals surface area contributed by atoms with Gasteiger partial charge in [-0.05, 0) is 19.4 Å². The van der Waals surface area contributed by atoms with E-state index in [1.807, 2.05) is 0 Å². The largest absolute Gasteiger partial charge is 0.341 e. The Morgan fingerprint density at radius 1 is 1.50 bits per heavy atom. The molecule has 8 nitrogen and oxygen atoms in total. The number of nitrogens with zero attached hydrogens (tertiary/aromatic N) is 4. The fourth-order valence-corrected chi connectivity index (χ4v) is 1.56. The van der Waals surface area contributed by atoms with Crippen LogP contribution in [0.2, 0.25) is 0 Å². The highest BCUT2D eigenvalue weighted by atomic mass is 16.2. The number of aromatic nitrogens is 6. The van der Waals surface area contributed by atoms with Crippen molar-refractivity contribution in [2.75, 3.05) is 0 Å². The number of carbonyl (C=O) groups is 1. The molecule has 0 unspecified atom stereocenters. The lowest BCUT2D eigenvalue weighted by molar-refractivity contribution is 0.0933. The van der Waals surface area contributed by atoms with Crippen molar-refractivity contribution in [2.24, 2.45) is 0 Å². The van der Waals surface area contributed by atoms with E-state index >= 15 is 0 Å². The van der Waals surface area contributed by atoms with E-state index in [2.05, 4.69) is 43.1 Å². The normalized spacial score (nSPS) is 12.3. The molecule has 2 aromatic heterocycles. The van der Waals surface area contributed by atoms with Crippen LogP contribution in [-0.2, 0) is 6.42 Å². The second-order valence-corrected chi connectivity index (χ2v) is 3.99. The first kappa shape index (κ1) is 12.2. The predicted molar refractivity (Wildman–Crippen MR) is 62.6 cm³/mol. The molecule has 0 aliphatic heterocycles. The topological polar surface area (TPSA) is 112 Å². The smallest absolute Gasteiger partial charge is 0.272 e. The summed E-state index contributed by atoms with van der Waals surface area (Å²) in [6, 6.07) is 1.43. The lowest BCUT2D eigenvalue weighted by Gasteiger charge is -2.07. The summed E-state index contributed by atoms with van der Waals surface area (Å²) >= 11 is 0. The molecular formula is C10H15N7O. The van der Waals surface area contributed by atoms with Gasteiger partial charge in [0.05, 0.1) is 6.04 Å². The zero-order chi connectivity index (χ0) is 13.0. The molecule has 3 N–H and O–H groups in total. The van der Waals surface area contributed by atoms with Crippen molar-refractivity contribution in [3.05, 3.63) is 23.3 Å². The molecule has 8 heteroatoms. The summed E-state index contributed by atoms with van der Waals surface area (Å²) in [4.78, 5) is 11.9. The Hall–Kier alpha value is -2.25. The summed E-state index contributed by atoms with van der Waals surface area (Å²) in [7, 11) is 0. The van der Waals surface area contributed by atoms with Gasteiger partial charge in [-0.1, -0.05) is 18.6 Å². The second kappa shape index (κ2) is 5.39. The van der Waals surface area contributed by atoms with E-state index in [0.717, 1.165) is 18.5 Å². The molecule has 1 amide bonds. The Morgan fingerprint density at radius 3 is 3.00 bits per heavy atom. The molecule has 96 valence electrons. The molecule has 0 aliphatic carbocycles. The van der Waals surface area contributed by atoms with Crippen molar-refractivity contribution in [3.8, 4) is 0 Å². The van der Waals surface area contributed by atoms with Crippen LogP contribution in [0.5, 0.6) is 0 Å². The predicted octanol–water partition coefficient (Wildman–Crippen LogP) is 0.366. The molecule has 1 atom stereocenters. The Balaban J connectivity index is 1.98. The fourth-order valence-electron chi connectivity index (χ4n) is 1.56. The highest BCUT2D eigenvalue weighted by Crippen LogP contribution is 2.07. The monoisotopic (exact) mass is 249 g/mol. The molecule has 0 spiro atoms. The Labute approximate surface area is 104 Å². The molecule has 0 aromatic carbocycles. The van der Waals surface area contributed by atoms with Crippen LogP contribution in [0.4, 0.5) is 0 Å². The molecule has 0 aliphatic rings. The summed E-state index contributed by atoms with van der Waals surface area (Å²) in [6.07, 6.45) is 1.88. The van der Waals surface area contributed by atoms with E-state index in [0.29, 0.717) is 11.5 Å². The van der Waals surface area contributed by atoms with Gasteiger partial charge >= 0.3 is 0 Å². The highest BCUT2D eigenvalue weighted by molar-refractivity contribution is 5.92. The number of tetrazole rings is 1. The van der Waals surface area contributed by atoms with Gasteiger partial charge in [0.25, 0.3) is 5.91 Å². The van der Waals surface area contributed by atoms with Gasteiger partial charge in [0.1, 0.15) is 5.69 Å². The number of rotatable bonds is 5. The van der Waals surface area contributed by atoms with Gasteiger partial charge in [-0.15, -0.1) is 10.2 Å². The first-order chi connectivity index (χ1) is 8.70. The first-order valence-electron chi connectivity index (χ1n) is 5.79. The van der Waals surface area contributed by atoms with Gasteiger partial charge in [0.15, 0.2) is 5.82 Å². The van der Waals surface area contributed by atoms with E-state index < -0.39 is 0 Å². The van der Waals surface area contributed by atoms with Crippen LogP contribution in [0.3, 0.4) is 0 Å². The van der Waals surface area contributed by atoms with Crippen LogP contribution in [0.15, 0.2) is 6.07 Å². The van der Waals surface area contributed by atoms with Crippen LogP contribution in [0.25, 0.3) is 0 Å². The molecule has 0 saturated heterocycles. The number of nitrogens with one attached hydrogen (secondary N) is 3. The van der Waals surface area contributed by atoms with E-state index in [1.54, 1.807) is 13.0 Å². The van der Waals surface area contributed by atoms with Gasteiger partial charge < -0.3 is 5.32 Å². The number of hydrogen-bond acceptors (Lipinski definition) is 5. The van der Waals surface area contributed by atoms with Gasteiger partial charge in [0, 0.05) is 5.69 Å². The zero-order valence-electron chi connectivity index (χ0n) is 10.3. The van der Waals surface area contributed by atoms with Gasteiger partial charge in [-0.2, -0.15) is 10.3 Å². The third kappa shape index (κ3) is 2.70. The van der Waals surface area contributed by atoms with Crippen LogP contribution in [-0.4, -0.2) is 36.7 Å². The molecular weight excluding hydrogens is 234 g/mol. The molecule has 2 heterocycles. The number of hydrogen-bond donors (Lipinski definition) is 3. The molecule has 0 bridgehead atoms. The maximum Gasteiger partial charge on any atom is 0.272 e. The quantitative estimate of drug-likeness (QED) is 0.708. The van der Waals surface area contributed by atoms with Crippen LogP contribution >= 0.6 is 0 Å². The fraction of sp³-hybridized carbons (Fsp3) is 0.500. The van der Waals surface area contributed by atoms with E-state index in [4.69, 9.17) is 0 Å². The standard InChI is InChI=1S/C10H15N7O/c1-3-4-7-5-8(13-12-7)10(18)11-6(2)9-14-16-17-15-9/h5-6H,3-4H2,1-2H3,(H,11,18)(H,12,13)(H,14,15,16,17)/t6-/m0/s1. The van der Waals surface area contributed by atoms with Crippen LogP contribution in [0.1, 0.15) is 48.3 Å². The van der Waals surface area contributed by atoms with Crippen molar-refractivity contribution in [1.82, 2.24) is 36.1 Å². The minimum absolute atomic E-state index is 0.258. The molecule has 2 aromatic rings. The average Bonchev–Trinajstić information content (AvgIpc) is 3.00. The Kier molecular flexibility index (Phi) is 3.66. The van der Waals surface area contributed by atoms with Crippen molar-refractivity contribution in [2.45, 2.75) is 32.7 Å². The average molecular weight is 249 g/mol. The highest BCUT2D eigenvalue weighted by Gasteiger charge is 2.16. The molecule has 0 fully saturated rings. The van der Waals surface area contributed by atoms with Gasteiger partial charge in [-0.3, -0.25) is 9.89 Å². The Morgan fingerprint density at radius 2 is 2.33 bits per heavy atom. The van der Waals surface area contributed by atoms with Crippen molar-refractivity contribution < 1.29 is 4.79 Å². The maximum absolute atomic E-state index is 11.9. The van der Waals surface area contributed by atoms with Crippen LogP contribution < -0.4 is 5.32 Å². The molecule has 0 saturated carbocycles. The third-order valence-corrected chi connectivity index (χ3v) is 2.48.